The van der Waals surface area contributed by atoms with Crippen LogP contribution in [0, 0.1) is 11.8 Å². The van der Waals surface area contributed by atoms with Gasteiger partial charge in [-0.3, -0.25) is 9.79 Å². The summed E-state index contributed by atoms with van der Waals surface area (Å²) in [6, 6.07) is 0.590. The Balaban J connectivity index is 0.00000576. The predicted molar refractivity (Wildman–Crippen MR) is 115 cm³/mol. The van der Waals surface area contributed by atoms with Crippen molar-refractivity contribution in [3.63, 3.8) is 0 Å². The number of rotatable bonds is 8. The summed E-state index contributed by atoms with van der Waals surface area (Å²) in [5.41, 5.74) is 0. The van der Waals surface area contributed by atoms with Gasteiger partial charge in [-0.2, -0.15) is 0 Å². The van der Waals surface area contributed by atoms with Crippen molar-refractivity contribution in [2.75, 3.05) is 46.9 Å². The molecule has 2 atom stereocenters. The third kappa shape index (κ3) is 8.11. The first-order valence-corrected chi connectivity index (χ1v) is 9.22. The lowest BCUT2D eigenvalue weighted by Crippen LogP contribution is -2.40. The maximum Gasteiger partial charge on any atom is 0.310 e. The molecule has 7 heteroatoms. The van der Waals surface area contributed by atoms with Crippen molar-refractivity contribution in [1.82, 2.24) is 15.1 Å². The zero-order valence-electron chi connectivity index (χ0n) is 16.7. The van der Waals surface area contributed by atoms with E-state index in [1.807, 2.05) is 0 Å². The number of likely N-dealkylation sites (tertiary alicyclic amines) is 1. The Hall–Kier alpha value is -0.570. The van der Waals surface area contributed by atoms with Crippen molar-refractivity contribution in [3.8, 4) is 0 Å². The number of hydrogen-bond acceptors (Lipinski definition) is 4. The second kappa shape index (κ2) is 12.7. The van der Waals surface area contributed by atoms with E-state index in [9.17, 15) is 4.79 Å². The SMILES string of the molecule is CCNC(=NCCCCN(C)C(C)C)N1CC(C)C(C(=O)OC)C1.I. The number of nitrogens with one attached hydrogen (secondary N) is 1. The molecule has 0 aromatic rings. The molecular formula is C18H37IN4O2. The summed E-state index contributed by atoms with van der Waals surface area (Å²) in [7, 11) is 3.63. The molecule has 148 valence electrons. The van der Waals surface area contributed by atoms with E-state index in [0.29, 0.717) is 18.5 Å². The maximum absolute atomic E-state index is 11.9. The van der Waals surface area contributed by atoms with Gasteiger partial charge < -0.3 is 19.9 Å². The lowest BCUT2D eigenvalue weighted by molar-refractivity contribution is -0.145. The smallest absolute Gasteiger partial charge is 0.310 e. The highest BCUT2D eigenvalue weighted by atomic mass is 127. The molecule has 0 aromatic carbocycles. The van der Waals surface area contributed by atoms with Gasteiger partial charge >= 0.3 is 5.97 Å². The molecule has 6 nitrogen and oxygen atoms in total. The monoisotopic (exact) mass is 468 g/mol. The van der Waals surface area contributed by atoms with E-state index < -0.39 is 0 Å². The molecule has 2 unspecified atom stereocenters. The summed E-state index contributed by atoms with van der Waals surface area (Å²) in [6.07, 6.45) is 2.23. The number of hydrogen-bond donors (Lipinski definition) is 1. The van der Waals surface area contributed by atoms with Crippen LogP contribution in [-0.4, -0.2) is 74.7 Å². The molecule has 0 bridgehead atoms. The number of esters is 1. The molecule has 1 aliphatic rings. The van der Waals surface area contributed by atoms with Crippen LogP contribution in [0.3, 0.4) is 0 Å². The molecule has 0 spiro atoms. The number of nitrogens with zero attached hydrogens (tertiary/aromatic N) is 3. The number of ether oxygens (including phenoxy) is 1. The van der Waals surface area contributed by atoms with E-state index in [2.05, 4.69) is 49.9 Å². The maximum atomic E-state index is 11.9. The predicted octanol–water partition coefficient (Wildman–Crippen LogP) is 2.43. The quantitative estimate of drug-likeness (QED) is 0.195. The molecule has 0 radical (unpaired) electrons. The molecule has 1 rings (SSSR count). The van der Waals surface area contributed by atoms with E-state index in [1.165, 1.54) is 7.11 Å². The second-order valence-corrected chi connectivity index (χ2v) is 7.03. The Bertz CT molecular complexity index is 418. The van der Waals surface area contributed by atoms with Crippen LogP contribution < -0.4 is 5.32 Å². The number of unbranched alkanes of at least 4 members (excludes halogenated alkanes) is 1. The number of carbonyl (C=O) groups excluding carboxylic acids is 1. The first-order valence-electron chi connectivity index (χ1n) is 9.22. The summed E-state index contributed by atoms with van der Waals surface area (Å²) >= 11 is 0. The number of halogens is 1. The van der Waals surface area contributed by atoms with Crippen molar-refractivity contribution in [2.45, 2.75) is 46.6 Å². The fourth-order valence-corrected chi connectivity index (χ4v) is 2.94. The molecule has 1 N–H and O–H groups in total. The average Bonchev–Trinajstić information content (AvgIpc) is 2.94. The van der Waals surface area contributed by atoms with Gasteiger partial charge in [0.2, 0.25) is 0 Å². The van der Waals surface area contributed by atoms with E-state index in [4.69, 9.17) is 9.73 Å². The highest BCUT2D eigenvalue weighted by Crippen LogP contribution is 2.24. The Labute approximate surface area is 170 Å². The summed E-state index contributed by atoms with van der Waals surface area (Å²) < 4.78 is 4.92. The molecule has 0 saturated carbocycles. The van der Waals surface area contributed by atoms with Gasteiger partial charge in [0.05, 0.1) is 13.0 Å². The van der Waals surface area contributed by atoms with Gasteiger partial charge in [-0.1, -0.05) is 6.92 Å². The van der Waals surface area contributed by atoms with Gasteiger partial charge in [0.1, 0.15) is 0 Å². The first-order chi connectivity index (χ1) is 11.4. The zero-order valence-corrected chi connectivity index (χ0v) is 19.1. The summed E-state index contributed by atoms with van der Waals surface area (Å²) in [5.74, 6) is 1.05. The summed E-state index contributed by atoms with van der Waals surface area (Å²) in [5, 5.41) is 3.35. The van der Waals surface area contributed by atoms with Gasteiger partial charge in [-0.05, 0) is 53.1 Å². The van der Waals surface area contributed by atoms with Gasteiger partial charge in [0.15, 0.2) is 5.96 Å². The van der Waals surface area contributed by atoms with Crippen LogP contribution in [0.15, 0.2) is 4.99 Å². The highest BCUT2D eigenvalue weighted by Gasteiger charge is 2.36. The lowest BCUT2D eigenvalue weighted by atomic mass is 9.99. The molecular weight excluding hydrogens is 431 g/mol. The minimum absolute atomic E-state index is 0. The van der Waals surface area contributed by atoms with Gasteiger partial charge in [-0.25, -0.2) is 0 Å². The first kappa shape index (κ1) is 24.4. The third-order valence-electron chi connectivity index (χ3n) is 4.81. The third-order valence-corrected chi connectivity index (χ3v) is 4.81. The number of aliphatic imine (C=N–C) groups is 1. The molecule has 25 heavy (non-hydrogen) atoms. The number of carbonyl (C=O) groups is 1. The van der Waals surface area contributed by atoms with E-state index in [1.54, 1.807) is 0 Å². The molecule has 0 aliphatic carbocycles. The molecule has 0 aromatic heterocycles. The van der Waals surface area contributed by atoms with Crippen molar-refractivity contribution in [2.24, 2.45) is 16.8 Å². The molecule has 1 saturated heterocycles. The molecule has 1 aliphatic heterocycles. The van der Waals surface area contributed by atoms with Gasteiger partial charge in [-0.15, -0.1) is 24.0 Å². The Morgan fingerprint density at radius 2 is 2.04 bits per heavy atom. The normalized spacial score (nSPS) is 20.8. The van der Waals surface area contributed by atoms with Crippen LogP contribution in [-0.2, 0) is 9.53 Å². The molecule has 0 amide bonds. The van der Waals surface area contributed by atoms with Crippen LogP contribution in [0.25, 0.3) is 0 Å². The number of methoxy groups -OCH3 is 1. The summed E-state index contributed by atoms with van der Waals surface area (Å²) in [4.78, 5) is 21.2. The largest absolute Gasteiger partial charge is 0.469 e. The minimum Gasteiger partial charge on any atom is -0.469 e. The van der Waals surface area contributed by atoms with Crippen LogP contribution >= 0.6 is 24.0 Å². The molecule has 1 fully saturated rings. The Morgan fingerprint density at radius 3 is 2.60 bits per heavy atom. The van der Waals surface area contributed by atoms with Crippen LogP contribution in [0.4, 0.5) is 0 Å². The lowest BCUT2D eigenvalue weighted by Gasteiger charge is -2.22. The second-order valence-electron chi connectivity index (χ2n) is 7.03. The van der Waals surface area contributed by atoms with E-state index in [0.717, 1.165) is 45.0 Å². The summed E-state index contributed by atoms with van der Waals surface area (Å²) in [6.45, 7) is 12.9. The Morgan fingerprint density at radius 1 is 1.36 bits per heavy atom. The Kier molecular flexibility index (Phi) is 12.4. The van der Waals surface area contributed by atoms with E-state index in [-0.39, 0.29) is 35.9 Å². The van der Waals surface area contributed by atoms with Gasteiger partial charge in [0, 0.05) is 32.2 Å². The van der Waals surface area contributed by atoms with Crippen LogP contribution in [0.5, 0.6) is 0 Å². The van der Waals surface area contributed by atoms with Crippen molar-refractivity contribution in [1.29, 1.82) is 0 Å². The van der Waals surface area contributed by atoms with Crippen molar-refractivity contribution >= 4 is 35.9 Å². The number of guanidine groups is 1. The standard InChI is InChI=1S/C18H36N4O2.HI/c1-7-19-18(20-10-8-9-11-21(5)14(2)3)22-12-15(4)16(13-22)17(23)24-6;/h14-16H,7-13H2,1-6H3,(H,19,20);1H. The van der Waals surface area contributed by atoms with Gasteiger partial charge in [0.25, 0.3) is 0 Å². The van der Waals surface area contributed by atoms with Crippen LogP contribution in [0.1, 0.15) is 40.5 Å². The van der Waals surface area contributed by atoms with Crippen LogP contribution in [0.2, 0.25) is 0 Å². The zero-order chi connectivity index (χ0) is 18.1. The van der Waals surface area contributed by atoms with Crippen molar-refractivity contribution in [3.05, 3.63) is 0 Å². The molecule has 1 heterocycles. The fraction of sp³-hybridized carbons (Fsp3) is 0.889. The van der Waals surface area contributed by atoms with E-state index >= 15 is 0 Å². The fourth-order valence-electron chi connectivity index (χ4n) is 2.94. The highest BCUT2D eigenvalue weighted by molar-refractivity contribution is 14.0. The minimum atomic E-state index is -0.113. The topological polar surface area (TPSA) is 57.2 Å². The average molecular weight is 468 g/mol. The van der Waals surface area contributed by atoms with Crippen molar-refractivity contribution < 1.29 is 9.53 Å².